The molecule has 6 rings (SSSR count). The van der Waals surface area contributed by atoms with Crippen molar-refractivity contribution in [3.05, 3.63) is 112 Å². The van der Waals surface area contributed by atoms with Crippen molar-refractivity contribution >= 4 is 23.0 Å². The number of fused-ring (bicyclic) bond motifs is 6. The van der Waals surface area contributed by atoms with Gasteiger partial charge in [-0.15, -0.1) is 0 Å². The maximum Gasteiger partial charge on any atom is 0.342 e. The Morgan fingerprint density at radius 2 is 1.35 bits per heavy atom. The predicted molar refractivity (Wildman–Crippen MR) is 147 cm³/mol. The van der Waals surface area contributed by atoms with Gasteiger partial charge in [0.1, 0.15) is 11.5 Å². The zero-order chi connectivity index (χ0) is 25.7. The lowest BCUT2D eigenvalue weighted by atomic mass is 9.75. The molecule has 0 aromatic heterocycles. The summed E-state index contributed by atoms with van der Waals surface area (Å²) in [4.78, 5) is 16.3. The number of ether oxygens (including phenoxy) is 2. The molecule has 0 aliphatic carbocycles. The number of para-hydroxylation sites is 3. The summed E-state index contributed by atoms with van der Waals surface area (Å²) in [5.41, 5.74) is 6.92. The standard InChI is InChI=1S/C32H30N2O3/c1-5-34(6-2)30-21(4)20(3)29(33-22-14-8-7-9-15-22)28-27(30)31(35)37-32(28)23-16-10-12-18-25(23)36-26-19-13-11-17-24(26)32/h7-19,33H,5-6H2,1-4H3. The highest BCUT2D eigenvalue weighted by molar-refractivity contribution is 6.06. The molecule has 4 aromatic carbocycles. The molecule has 0 fully saturated rings. The second-order valence-corrected chi connectivity index (χ2v) is 9.55. The summed E-state index contributed by atoms with van der Waals surface area (Å²) in [6, 6.07) is 25.8. The molecule has 5 nitrogen and oxygen atoms in total. The largest absolute Gasteiger partial charge is 0.456 e. The fourth-order valence-electron chi connectivity index (χ4n) is 5.87. The molecule has 0 unspecified atom stereocenters. The fraction of sp³-hybridized carbons (Fsp3) is 0.219. The van der Waals surface area contributed by atoms with Crippen LogP contribution in [0, 0.1) is 13.8 Å². The molecule has 0 saturated heterocycles. The van der Waals surface area contributed by atoms with Crippen molar-refractivity contribution in [2.45, 2.75) is 33.3 Å². The van der Waals surface area contributed by atoms with Crippen molar-refractivity contribution in [2.24, 2.45) is 0 Å². The van der Waals surface area contributed by atoms with Crippen LogP contribution >= 0.6 is 0 Å². The summed E-state index contributed by atoms with van der Waals surface area (Å²) in [7, 11) is 0. The Kier molecular flexibility index (Phi) is 5.45. The van der Waals surface area contributed by atoms with Gasteiger partial charge in [-0.2, -0.15) is 0 Å². The molecule has 0 bridgehead atoms. The molecule has 0 saturated carbocycles. The molecule has 5 heteroatoms. The third-order valence-corrected chi connectivity index (χ3v) is 7.71. The molecule has 2 heterocycles. The Bertz CT molecular complexity index is 1480. The third kappa shape index (κ3) is 3.27. The smallest absolute Gasteiger partial charge is 0.342 e. The summed E-state index contributed by atoms with van der Waals surface area (Å²) < 4.78 is 12.9. The minimum Gasteiger partial charge on any atom is -0.456 e. The van der Waals surface area contributed by atoms with E-state index in [2.05, 4.69) is 37.9 Å². The van der Waals surface area contributed by atoms with Gasteiger partial charge in [-0.05, 0) is 63.1 Å². The number of carbonyl (C=O) groups excluding carboxylic acids is 1. The number of nitrogens with one attached hydrogen (secondary N) is 1. The van der Waals surface area contributed by atoms with Crippen LogP contribution in [-0.2, 0) is 10.3 Å². The monoisotopic (exact) mass is 490 g/mol. The maximum absolute atomic E-state index is 14.1. The Morgan fingerprint density at radius 3 is 1.95 bits per heavy atom. The molecule has 37 heavy (non-hydrogen) atoms. The van der Waals surface area contributed by atoms with Gasteiger partial charge in [0.15, 0.2) is 5.60 Å². The van der Waals surface area contributed by atoms with Crippen LogP contribution in [0.4, 0.5) is 17.1 Å². The van der Waals surface area contributed by atoms with Gasteiger partial charge in [0.25, 0.3) is 0 Å². The molecule has 0 amide bonds. The van der Waals surface area contributed by atoms with Gasteiger partial charge >= 0.3 is 5.97 Å². The topological polar surface area (TPSA) is 50.8 Å². The lowest BCUT2D eigenvalue weighted by Gasteiger charge is -2.38. The van der Waals surface area contributed by atoms with Crippen molar-refractivity contribution in [3.63, 3.8) is 0 Å². The van der Waals surface area contributed by atoms with Crippen LogP contribution in [0.3, 0.4) is 0 Å². The van der Waals surface area contributed by atoms with Crippen LogP contribution in [0.2, 0.25) is 0 Å². The molecular weight excluding hydrogens is 460 g/mol. The van der Waals surface area contributed by atoms with Crippen molar-refractivity contribution < 1.29 is 14.3 Å². The van der Waals surface area contributed by atoms with E-state index in [0.717, 1.165) is 58.0 Å². The van der Waals surface area contributed by atoms with E-state index in [0.29, 0.717) is 17.1 Å². The van der Waals surface area contributed by atoms with Crippen molar-refractivity contribution in [2.75, 3.05) is 23.3 Å². The summed E-state index contributed by atoms with van der Waals surface area (Å²) >= 11 is 0. The number of benzene rings is 4. The molecule has 1 N–H and O–H groups in total. The van der Waals surface area contributed by atoms with Gasteiger partial charge in [0.05, 0.1) is 16.9 Å². The SMILES string of the molecule is CCN(CC)c1c(C)c(C)c(Nc2ccccc2)c2c1C(=O)OC21c2ccccc2Oc2ccccc21. The number of hydrogen-bond acceptors (Lipinski definition) is 5. The molecule has 4 aromatic rings. The zero-order valence-electron chi connectivity index (χ0n) is 21.6. The molecule has 2 aliphatic heterocycles. The van der Waals surface area contributed by atoms with Gasteiger partial charge < -0.3 is 19.7 Å². The number of esters is 1. The second kappa shape index (κ2) is 8.70. The normalized spacial score (nSPS) is 14.3. The van der Waals surface area contributed by atoms with Gasteiger partial charge in [0, 0.05) is 35.5 Å². The van der Waals surface area contributed by atoms with Crippen LogP contribution in [0.5, 0.6) is 11.5 Å². The van der Waals surface area contributed by atoms with Gasteiger partial charge in [-0.25, -0.2) is 4.79 Å². The van der Waals surface area contributed by atoms with Gasteiger partial charge in [0.2, 0.25) is 0 Å². The van der Waals surface area contributed by atoms with Crippen molar-refractivity contribution in [1.29, 1.82) is 0 Å². The highest BCUT2D eigenvalue weighted by Gasteiger charge is 2.56. The Morgan fingerprint density at radius 1 is 0.784 bits per heavy atom. The number of rotatable bonds is 5. The molecule has 0 atom stereocenters. The summed E-state index contributed by atoms with van der Waals surface area (Å²) in [5, 5.41) is 3.68. The first-order valence-corrected chi connectivity index (χ1v) is 12.9. The van der Waals surface area contributed by atoms with Crippen molar-refractivity contribution in [3.8, 4) is 11.5 Å². The summed E-state index contributed by atoms with van der Waals surface area (Å²) in [6.45, 7) is 10.0. The fourth-order valence-corrected chi connectivity index (χ4v) is 5.87. The van der Waals surface area contributed by atoms with Crippen LogP contribution in [0.25, 0.3) is 0 Å². The maximum atomic E-state index is 14.1. The van der Waals surface area contributed by atoms with E-state index < -0.39 is 5.60 Å². The summed E-state index contributed by atoms with van der Waals surface area (Å²) in [5.74, 6) is 1.06. The van der Waals surface area contributed by atoms with E-state index in [1.165, 1.54) is 0 Å². The average molecular weight is 491 g/mol. The van der Waals surface area contributed by atoms with Crippen LogP contribution in [0.15, 0.2) is 78.9 Å². The molecule has 2 aliphatic rings. The highest BCUT2D eigenvalue weighted by atomic mass is 16.6. The quantitative estimate of drug-likeness (QED) is 0.294. The minimum absolute atomic E-state index is 0.317. The lowest BCUT2D eigenvalue weighted by molar-refractivity contribution is 0.0226. The number of carbonyl (C=O) groups is 1. The lowest BCUT2D eigenvalue weighted by Crippen LogP contribution is -2.34. The average Bonchev–Trinajstić information content (AvgIpc) is 3.22. The Labute approximate surface area is 217 Å². The summed E-state index contributed by atoms with van der Waals surface area (Å²) in [6.07, 6.45) is 0. The number of hydrogen-bond donors (Lipinski definition) is 1. The minimum atomic E-state index is -1.14. The first-order valence-electron chi connectivity index (χ1n) is 12.9. The molecule has 1 spiro atoms. The van der Waals surface area contributed by atoms with Crippen LogP contribution in [-0.4, -0.2) is 19.1 Å². The van der Waals surface area contributed by atoms with Gasteiger partial charge in [-0.3, -0.25) is 0 Å². The number of nitrogens with zero attached hydrogens (tertiary/aromatic N) is 1. The van der Waals surface area contributed by atoms with Crippen LogP contribution in [0.1, 0.15) is 52.0 Å². The number of anilines is 3. The second-order valence-electron chi connectivity index (χ2n) is 9.55. The van der Waals surface area contributed by atoms with E-state index in [-0.39, 0.29) is 5.97 Å². The van der Waals surface area contributed by atoms with E-state index in [1.54, 1.807) is 0 Å². The first-order chi connectivity index (χ1) is 18.0. The van der Waals surface area contributed by atoms with Gasteiger partial charge in [-0.1, -0.05) is 54.6 Å². The van der Waals surface area contributed by atoms with E-state index in [1.807, 2.05) is 78.9 Å². The Hall–Kier alpha value is -4.25. The molecule has 0 radical (unpaired) electrons. The van der Waals surface area contributed by atoms with E-state index in [9.17, 15) is 4.79 Å². The predicted octanol–water partition coefficient (Wildman–Crippen LogP) is 7.46. The first kappa shape index (κ1) is 23.2. The van der Waals surface area contributed by atoms with Crippen molar-refractivity contribution in [1.82, 2.24) is 0 Å². The molecule has 186 valence electrons. The highest BCUT2D eigenvalue weighted by Crippen LogP contribution is 2.60. The van der Waals surface area contributed by atoms with Crippen LogP contribution < -0.4 is 15.0 Å². The Balaban J connectivity index is 1.77. The third-order valence-electron chi connectivity index (χ3n) is 7.71. The molecular formula is C32H30N2O3. The van der Waals surface area contributed by atoms with E-state index >= 15 is 0 Å². The van der Waals surface area contributed by atoms with E-state index in [4.69, 9.17) is 9.47 Å². The zero-order valence-corrected chi connectivity index (χ0v) is 21.6.